The summed E-state index contributed by atoms with van der Waals surface area (Å²) in [5.74, 6) is 0.356. The number of halogens is 2. The van der Waals surface area contributed by atoms with Crippen molar-refractivity contribution in [2.24, 2.45) is 11.7 Å². The number of benzene rings is 2. The quantitative estimate of drug-likeness (QED) is 0.349. The maximum atomic E-state index is 14.5. The van der Waals surface area contributed by atoms with E-state index in [-0.39, 0.29) is 42.1 Å². The van der Waals surface area contributed by atoms with Gasteiger partial charge in [-0.05, 0) is 80.7 Å². The number of nitrogens with zero attached hydrogens (tertiary/aromatic N) is 1. The predicted octanol–water partition coefficient (Wildman–Crippen LogP) is 7.00. The Morgan fingerprint density at radius 3 is 2.54 bits per heavy atom. The van der Waals surface area contributed by atoms with Crippen LogP contribution < -0.4 is 11.1 Å². The van der Waals surface area contributed by atoms with Gasteiger partial charge in [0.1, 0.15) is 5.82 Å². The number of nitrogens with two attached hydrogens (primary N) is 1. The third-order valence-corrected chi connectivity index (χ3v) is 8.40. The molecule has 1 unspecified atom stereocenters. The minimum atomic E-state index is -0.231. The van der Waals surface area contributed by atoms with Gasteiger partial charge in [0.15, 0.2) is 0 Å². The van der Waals surface area contributed by atoms with Gasteiger partial charge in [-0.3, -0.25) is 4.79 Å². The first kappa shape index (κ1) is 27.7. The largest absolute Gasteiger partial charge is 0.353 e. The summed E-state index contributed by atoms with van der Waals surface area (Å²) >= 11 is 0. The molecule has 2 aromatic carbocycles. The normalized spacial score (nSPS) is 21.4. The molecule has 3 aromatic rings. The minimum absolute atomic E-state index is 0. The van der Waals surface area contributed by atoms with Gasteiger partial charge in [0.25, 0.3) is 0 Å². The SMILES string of the molecule is Cc1cccc(C(CC(=O)NC2CCC(N)CC2)c2cn(CC3CCCCC3)c3ccc(F)cc23)c1.Cl. The maximum absolute atomic E-state index is 14.5. The van der Waals surface area contributed by atoms with Crippen LogP contribution in [-0.2, 0) is 11.3 Å². The molecule has 200 valence electrons. The molecule has 37 heavy (non-hydrogen) atoms. The summed E-state index contributed by atoms with van der Waals surface area (Å²) in [6.45, 7) is 3.04. The van der Waals surface area contributed by atoms with Crippen molar-refractivity contribution in [1.82, 2.24) is 9.88 Å². The molecule has 1 aromatic heterocycles. The first-order valence-corrected chi connectivity index (χ1v) is 13.9. The number of rotatable bonds is 7. The highest BCUT2D eigenvalue weighted by molar-refractivity contribution is 5.87. The first-order valence-electron chi connectivity index (χ1n) is 13.9. The van der Waals surface area contributed by atoms with Crippen LogP contribution in [0.1, 0.15) is 86.8 Å². The van der Waals surface area contributed by atoms with Crippen molar-refractivity contribution in [1.29, 1.82) is 0 Å². The van der Waals surface area contributed by atoms with Gasteiger partial charge in [0.2, 0.25) is 5.91 Å². The number of nitrogens with one attached hydrogen (secondary N) is 1. The molecule has 5 rings (SSSR count). The van der Waals surface area contributed by atoms with Crippen LogP contribution in [0.2, 0.25) is 0 Å². The summed E-state index contributed by atoms with van der Waals surface area (Å²) in [4.78, 5) is 13.3. The van der Waals surface area contributed by atoms with Crippen molar-refractivity contribution in [3.05, 3.63) is 71.2 Å². The zero-order chi connectivity index (χ0) is 25.1. The number of hydrogen-bond donors (Lipinski definition) is 2. The summed E-state index contributed by atoms with van der Waals surface area (Å²) in [6.07, 6.45) is 12.8. The monoisotopic (exact) mass is 525 g/mol. The van der Waals surface area contributed by atoms with E-state index in [4.69, 9.17) is 5.73 Å². The van der Waals surface area contributed by atoms with Gasteiger partial charge in [-0.25, -0.2) is 4.39 Å². The smallest absolute Gasteiger partial charge is 0.221 e. The van der Waals surface area contributed by atoms with Gasteiger partial charge in [0, 0.05) is 48.1 Å². The molecular weight excluding hydrogens is 485 g/mol. The van der Waals surface area contributed by atoms with E-state index in [0.29, 0.717) is 12.3 Å². The Bertz CT molecular complexity index is 1190. The molecule has 2 aliphatic carbocycles. The van der Waals surface area contributed by atoms with Gasteiger partial charge in [-0.15, -0.1) is 12.4 Å². The molecular formula is C31H41ClFN3O. The fourth-order valence-electron chi connectivity index (χ4n) is 6.40. The molecule has 3 N–H and O–H groups in total. The molecule has 6 heteroatoms. The number of carbonyl (C=O) groups is 1. The molecule has 1 amide bonds. The Morgan fingerprint density at radius 2 is 1.81 bits per heavy atom. The number of fused-ring (bicyclic) bond motifs is 1. The highest BCUT2D eigenvalue weighted by atomic mass is 35.5. The van der Waals surface area contributed by atoms with E-state index < -0.39 is 0 Å². The van der Waals surface area contributed by atoms with E-state index >= 15 is 0 Å². The number of amides is 1. The molecule has 0 aliphatic heterocycles. The second-order valence-corrected chi connectivity index (χ2v) is 11.3. The number of aromatic nitrogens is 1. The van der Waals surface area contributed by atoms with E-state index in [1.54, 1.807) is 12.1 Å². The van der Waals surface area contributed by atoms with Gasteiger partial charge in [-0.2, -0.15) is 0 Å². The third-order valence-electron chi connectivity index (χ3n) is 8.40. The lowest BCUT2D eigenvalue weighted by molar-refractivity contribution is -0.122. The Balaban J connectivity index is 0.00000320. The predicted molar refractivity (Wildman–Crippen MR) is 152 cm³/mol. The first-order chi connectivity index (χ1) is 17.5. The summed E-state index contributed by atoms with van der Waals surface area (Å²) < 4.78 is 16.8. The molecule has 0 saturated heterocycles. The Kier molecular flexibility index (Phi) is 9.31. The minimum Gasteiger partial charge on any atom is -0.353 e. The Labute approximate surface area is 226 Å². The Hall–Kier alpha value is -2.37. The second-order valence-electron chi connectivity index (χ2n) is 11.3. The zero-order valence-electron chi connectivity index (χ0n) is 21.9. The average Bonchev–Trinajstić information content (AvgIpc) is 3.21. The van der Waals surface area contributed by atoms with Crippen molar-refractivity contribution in [3.63, 3.8) is 0 Å². The number of carbonyl (C=O) groups excluding carboxylic acids is 1. The topological polar surface area (TPSA) is 60.1 Å². The fourth-order valence-corrected chi connectivity index (χ4v) is 6.40. The van der Waals surface area contributed by atoms with Gasteiger partial charge in [0.05, 0.1) is 0 Å². The van der Waals surface area contributed by atoms with E-state index in [0.717, 1.165) is 59.8 Å². The van der Waals surface area contributed by atoms with Crippen LogP contribution in [0.25, 0.3) is 10.9 Å². The van der Waals surface area contributed by atoms with Crippen LogP contribution >= 0.6 is 12.4 Å². The maximum Gasteiger partial charge on any atom is 0.221 e. The lowest BCUT2D eigenvalue weighted by atomic mass is 9.86. The summed E-state index contributed by atoms with van der Waals surface area (Å²) in [7, 11) is 0. The summed E-state index contributed by atoms with van der Waals surface area (Å²) in [5, 5.41) is 4.21. The van der Waals surface area contributed by atoms with Crippen LogP contribution in [0.15, 0.2) is 48.7 Å². The van der Waals surface area contributed by atoms with E-state index in [2.05, 4.69) is 47.3 Å². The average molecular weight is 526 g/mol. The number of hydrogen-bond acceptors (Lipinski definition) is 2. The molecule has 4 nitrogen and oxygen atoms in total. The van der Waals surface area contributed by atoms with Crippen LogP contribution in [-0.4, -0.2) is 22.6 Å². The van der Waals surface area contributed by atoms with Crippen molar-refractivity contribution in [2.45, 2.75) is 95.7 Å². The van der Waals surface area contributed by atoms with Crippen molar-refractivity contribution < 1.29 is 9.18 Å². The molecule has 2 aliphatic rings. The van der Waals surface area contributed by atoms with E-state index in [1.807, 2.05) is 6.07 Å². The molecule has 0 bridgehead atoms. The molecule has 1 atom stereocenters. The molecule has 0 spiro atoms. The van der Waals surface area contributed by atoms with Gasteiger partial charge < -0.3 is 15.6 Å². The van der Waals surface area contributed by atoms with E-state index in [1.165, 1.54) is 32.1 Å². The van der Waals surface area contributed by atoms with Crippen LogP contribution in [0.4, 0.5) is 4.39 Å². The van der Waals surface area contributed by atoms with Crippen LogP contribution in [0.3, 0.4) is 0 Å². The molecule has 2 saturated carbocycles. The third kappa shape index (κ3) is 6.74. The lowest BCUT2D eigenvalue weighted by Crippen LogP contribution is -2.40. The standard InChI is InChI=1S/C31H40FN3O.ClH/c1-21-6-5-9-23(16-21)27(18-31(36)34-26-13-11-25(33)12-14-26)29-20-35(19-22-7-3-2-4-8-22)30-15-10-24(32)17-28(29)30;/h5-6,9-10,15-17,20,22,25-27H,2-4,7-8,11-14,18-19,33H2,1H3,(H,34,36);1H. The van der Waals surface area contributed by atoms with Crippen LogP contribution in [0, 0.1) is 18.7 Å². The van der Waals surface area contributed by atoms with E-state index in [9.17, 15) is 9.18 Å². The summed E-state index contributed by atoms with van der Waals surface area (Å²) in [6, 6.07) is 14.0. The summed E-state index contributed by atoms with van der Waals surface area (Å²) in [5.41, 5.74) is 10.4. The van der Waals surface area contributed by atoms with Crippen molar-refractivity contribution >= 4 is 29.2 Å². The lowest BCUT2D eigenvalue weighted by Gasteiger charge is -2.27. The highest BCUT2D eigenvalue weighted by Gasteiger charge is 2.26. The van der Waals surface area contributed by atoms with Gasteiger partial charge >= 0.3 is 0 Å². The van der Waals surface area contributed by atoms with Gasteiger partial charge in [-0.1, -0.05) is 49.1 Å². The van der Waals surface area contributed by atoms with Crippen molar-refractivity contribution in [3.8, 4) is 0 Å². The number of aryl methyl sites for hydroxylation is 1. The Morgan fingerprint density at radius 1 is 1.05 bits per heavy atom. The second kappa shape index (κ2) is 12.4. The zero-order valence-corrected chi connectivity index (χ0v) is 22.7. The molecule has 1 heterocycles. The fraction of sp³-hybridized carbons (Fsp3) is 0.516. The highest BCUT2D eigenvalue weighted by Crippen LogP contribution is 2.37. The molecule has 0 radical (unpaired) electrons. The molecule has 2 fully saturated rings. The van der Waals surface area contributed by atoms with Crippen LogP contribution in [0.5, 0.6) is 0 Å². The van der Waals surface area contributed by atoms with Crippen molar-refractivity contribution in [2.75, 3.05) is 0 Å².